The van der Waals surface area contributed by atoms with E-state index in [9.17, 15) is 13.6 Å². The fourth-order valence-electron chi connectivity index (χ4n) is 3.95. The number of anilines is 1. The summed E-state index contributed by atoms with van der Waals surface area (Å²) in [5.74, 6) is -0.638. The summed E-state index contributed by atoms with van der Waals surface area (Å²) in [4.78, 5) is 18.0. The second kappa shape index (κ2) is 9.71. The Bertz CT molecular complexity index is 686. The lowest BCUT2D eigenvalue weighted by molar-refractivity contribution is -0.120. The van der Waals surface area contributed by atoms with Crippen LogP contribution in [0.1, 0.15) is 38.5 Å². The molecule has 2 fully saturated rings. The molecule has 1 aliphatic heterocycles. The predicted octanol–water partition coefficient (Wildman–Crippen LogP) is 2.16. The minimum atomic E-state index is -0.553. The largest absolute Gasteiger partial charge is 0.365 e. The van der Waals surface area contributed by atoms with Gasteiger partial charge >= 0.3 is 0 Å². The van der Waals surface area contributed by atoms with E-state index >= 15 is 0 Å². The van der Waals surface area contributed by atoms with Gasteiger partial charge in [0, 0.05) is 32.2 Å². The van der Waals surface area contributed by atoms with E-state index in [0.29, 0.717) is 19.0 Å². The summed E-state index contributed by atoms with van der Waals surface area (Å²) in [6, 6.07) is 4.17. The first-order valence-corrected chi connectivity index (χ1v) is 10.0. The zero-order valence-corrected chi connectivity index (χ0v) is 16.3. The number of rotatable bonds is 5. The summed E-state index contributed by atoms with van der Waals surface area (Å²) < 4.78 is 28.0. The number of carbonyl (C=O) groups is 1. The lowest BCUT2D eigenvalue weighted by atomic mass is 9.95. The molecule has 0 bridgehead atoms. The van der Waals surface area contributed by atoms with E-state index in [1.54, 1.807) is 11.9 Å². The van der Waals surface area contributed by atoms with Crippen molar-refractivity contribution in [3.63, 3.8) is 0 Å². The van der Waals surface area contributed by atoms with Crippen LogP contribution < -0.4 is 20.9 Å². The Morgan fingerprint density at radius 3 is 2.50 bits per heavy atom. The molecule has 1 aliphatic carbocycles. The van der Waals surface area contributed by atoms with Crippen molar-refractivity contribution in [2.75, 3.05) is 31.6 Å². The summed E-state index contributed by atoms with van der Waals surface area (Å²) in [5, 5.41) is 9.32. The van der Waals surface area contributed by atoms with Crippen LogP contribution in [0, 0.1) is 11.6 Å². The fraction of sp³-hybridized carbons (Fsp3) is 0.600. The van der Waals surface area contributed by atoms with E-state index in [-0.39, 0.29) is 30.2 Å². The van der Waals surface area contributed by atoms with E-state index in [1.807, 2.05) is 0 Å². The summed E-state index contributed by atoms with van der Waals surface area (Å²) >= 11 is 0. The molecule has 3 rings (SSSR count). The van der Waals surface area contributed by atoms with Crippen molar-refractivity contribution < 1.29 is 13.6 Å². The molecule has 8 heteroatoms. The van der Waals surface area contributed by atoms with Gasteiger partial charge in [-0.25, -0.2) is 8.78 Å². The highest BCUT2D eigenvalue weighted by Crippen LogP contribution is 2.26. The molecule has 1 saturated heterocycles. The highest BCUT2D eigenvalue weighted by molar-refractivity contribution is 5.86. The Balaban J connectivity index is 1.45. The average Bonchev–Trinajstić information content (AvgIpc) is 3.14. The van der Waals surface area contributed by atoms with E-state index < -0.39 is 11.6 Å². The Hall–Kier alpha value is -2.38. The zero-order chi connectivity index (χ0) is 19.9. The second-order valence-corrected chi connectivity index (χ2v) is 7.47. The third kappa shape index (κ3) is 5.33. The first kappa shape index (κ1) is 20.4. The molecule has 0 spiro atoms. The van der Waals surface area contributed by atoms with Crippen LogP contribution >= 0.6 is 0 Å². The van der Waals surface area contributed by atoms with Crippen molar-refractivity contribution in [3.05, 3.63) is 29.8 Å². The molecule has 1 atom stereocenters. The molecule has 1 heterocycles. The van der Waals surface area contributed by atoms with E-state index in [4.69, 9.17) is 0 Å². The molecule has 0 radical (unpaired) electrons. The van der Waals surface area contributed by atoms with Gasteiger partial charge in [0.2, 0.25) is 5.91 Å². The lowest BCUT2D eigenvalue weighted by Crippen LogP contribution is -2.49. The van der Waals surface area contributed by atoms with E-state index in [1.165, 1.54) is 37.5 Å². The maximum absolute atomic E-state index is 14.0. The van der Waals surface area contributed by atoms with Crippen LogP contribution in [-0.4, -0.2) is 50.6 Å². The number of nitrogens with one attached hydrogen (secondary N) is 3. The molecule has 1 amide bonds. The highest BCUT2D eigenvalue weighted by atomic mass is 19.1. The molecule has 6 nitrogen and oxygen atoms in total. The zero-order valence-electron chi connectivity index (χ0n) is 16.3. The number of benzene rings is 1. The van der Waals surface area contributed by atoms with Crippen molar-refractivity contribution in [2.45, 2.75) is 50.6 Å². The van der Waals surface area contributed by atoms with Crippen LogP contribution in [0.2, 0.25) is 0 Å². The van der Waals surface area contributed by atoms with Gasteiger partial charge in [0.15, 0.2) is 5.96 Å². The normalized spacial score (nSPS) is 20.9. The minimum absolute atomic E-state index is 0.00777. The molecule has 154 valence electrons. The third-order valence-electron chi connectivity index (χ3n) is 5.39. The van der Waals surface area contributed by atoms with Crippen molar-refractivity contribution >= 4 is 17.6 Å². The number of guanidine groups is 1. The Kier molecular flexibility index (Phi) is 7.06. The van der Waals surface area contributed by atoms with Gasteiger partial charge in [0.1, 0.15) is 17.3 Å². The van der Waals surface area contributed by atoms with E-state index in [0.717, 1.165) is 19.3 Å². The van der Waals surface area contributed by atoms with Crippen LogP contribution in [0.15, 0.2) is 23.2 Å². The van der Waals surface area contributed by atoms with Crippen molar-refractivity contribution in [1.82, 2.24) is 16.0 Å². The van der Waals surface area contributed by atoms with Crippen LogP contribution in [0.4, 0.5) is 14.5 Å². The maximum Gasteiger partial charge on any atom is 0.239 e. The Morgan fingerprint density at radius 1 is 1.11 bits per heavy atom. The number of para-hydroxylation sites is 1. The molecule has 0 aromatic heterocycles. The number of halogens is 2. The Morgan fingerprint density at radius 2 is 1.82 bits per heavy atom. The number of amides is 1. The van der Waals surface area contributed by atoms with Crippen LogP contribution in [0.25, 0.3) is 0 Å². The number of hydrogen-bond acceptors (Lipinski definition) is 3. The maximum atomic E-state index is 14.0. The number of carbonyl (C=O) groups excluding carboxylic acids is 1. The highest BCUT2D eigenvalue weighted by Gasteiger charge is 2.27. The fourth-order valence-corrected chi connectivity index (χ4v) is 3.95. The predicted molar refractivity (Wildman–Crippen MR) is 106 cm³/mol. The Labute approximate surface area is 164 Å². The van der Waals surface area contributed by atoms with Crippen LogP contribution in [-0.2, 0) is 4.79 Å². The molecule has 2 aliphatic rings. The van der Waals surface area contributed by atoms with Gasteiger partial charge in [0.05, 0.1) is 6.54 Å². The van der Waals surface area contributed by atoms with Gasteiger partial charge in [-0.3, -0.25) is 9.79 Å². The molecular weight excluding hydrogens is 364 g/mol. The number of aliphatic imine (C=N–C) groups is 1. The number of hydrogen-bond donors (Lipinski definition) is 3. The van der Waals surface area contributed by atoms with Crippen LogP contribution in [0.3, 0.4) is 0 Å². The molecular formula is C20H29F2N5O. The SMILES string of the molecule is CN=C(NCC(=O)NC1CCCCC1)NC1CCN(c2c(F)cccc2F)C1. The molecule has 1 saturated carbocycles. The van der Waals surface area contributed by atoms with Crippen molar-refractivity contribution in [1.29, 1.82) is 0 Å². The average molecular weight is 393 g/mol. The van der Waals surface area contributed by atoms with E-state index in [2.05, 4.69) is 20.9 Å². The molecule has 3 N–H and O–H groups in total. The molecule has 1 aromatic rings. The first-order valence-electron chi connectivity index (χ1n) is 10.0. The summed E-state index contributed by atoms with van der Waals surface area (Å²) in [6.45, 7) is 1.16. The standard InChI is InChI=1S/C20H29F2N5O/c1-23-20(24-12-18(28)25-14-6-3-2-4-7-14)26-15-10-11-27(13-15)19-16(21)8-5-9-17(19)22/h5,8-9,14-15H,2-4,6-7,10-13H2,1H3,(H,25,28)(H2,23,24,26). The van der Waals surface area contributed by atoms with Gasteiger partial charge < -0.3 is 20.9 Å². The molecule has 1 aromatic carbocycles. The lowest BCUT2D eigenvalue weighted by Gasteiger charge is -2.23. The van der Waals surface area contributed by atoms with Gasteiger partial charge in [-0.1, -0.05) is 25.3 Å². The summed E-state index contributed by atoms with van der Waals surface area (Å²) in [5.41, 5.74) is 0.0154. The molecule has 28 heavy (non-hydrogen) atoms. The smallest absolute Gasteiger partial charge is 0.239 e. The second-order valence-electron chi connectivity index (χ2n) is 7.47. The molecule has 1 unspecified atom stereocenters. The van der Waals surface area contributed by atoms with Gasteiger partial charge in [-0.2, -0.15) is 0 Å². The van der Waals surface area contributed by atoms with Gasteiger partial charge in [-0.05, 0) is 31.4 Å². The topological polar surface area (TPSA) is 68.8 Å². The van der Waals surface area contributed by atoms with Gasteiger partial charge in [-0.15, -0.1) is 0 Å². The van der Waals surface area contributed by atoms with Crippen molar-refractivity contribution in [3.8, 4) is 0 Å². The third-order valence-corrected chi connectivity index (χ3v) is 5.39. The van der Waals surface area contributed by atoms with Crippen LogP contribution in [0.5, 0.6) is 0 Å². The van der Waals surface area contributed by atoms with Crippen molar-refractivity contribution in [2.24, 2.45) is 4.99 Å². The number of nitrogens with zero attached hydrogens (tertiary/aromatic N) is 2. The summed E-state index contributed by atoms with van der Waals surface area (Å²) in [6.07, 6.45) is 6.40. The first-order chi connectivity index (χ1) is 13.6. The van der Waals surface area contributed by atoms with Gasteiger partial charge in [0.25, 0.3) is 0 Å². The quantitative estimate of drug-likeness (QED) is 0.530. The summed E-state index contributed by atoms with van der Waals surface area (Å²) in [7, 11) is 1.64. The minimum Gasteiger partial charge on any atom is -0.365 e. The monoisotopic (exact) mass is 393 g/mol.